The second-order valence-corrected chi connectivity index (χ2v) is 11.3. The summed E-state index contributed by atoms with van der Waals surface area (Å²) in [5, 5.41) is 11.2. The number of nitrogens with zero attached hydrogens (tertiary/aromatic N) is 1. The van der Waals surface area contributed by atoms with E-state index in [1.54, 1.807) is 23.1 Å². The summed E-state index contributed by atoms with van der Waals surface area (Å²) in [4.78, 5) is 27.4. The van der Waals surface area contributed by atoms with Gasteiger partial charge in [0.25, 0.3) is 5.91 Å². The SMILES string of the molecule is Br.CCOc1cc2c(cc1C(=O)NC)C(=N)N(CC(=O)c1cc(OS(C)(=O)=O)c(OC)c(C(C)(C)C)c1)C2. The Morgan fingerprint density at radius 1 is 1.13 bits per heavy atom. The van der Waals surface area contributed by atoms with E-state index < -0.39 is 15.5 Å². The van der Waals surface area contributed by atoms with E-state index in [4.69, 9.17) is 19.1 Å². The second kappa shape index (κ2) is 11.7. The van der Waals surface area contributed by atoms with Gasteiger partial charge in [-0.05, 0) is 42.2 Å². The summed E-state index contributed by atoms with van der Waals surface area (Å²) in [6, 6.07) is 6.35. The van der Waals surface area contributed by atoms with Crippen molar-refractivity contribution in [3.63, 3.8) is 0 Å². The lowest BCUT2D eigenvalue weighted by molar-refractivity contribution is 0.0953. The molecule has 10 nitrogen and oxygen atoms in total. The van der Waals surface area contributed by atoms with Crippen LogP contribution in [-0.4, -0.2) is 64.4 Å². The first-order chi connectivity index (χ1) is 17.2. The number of Topliss-reactive ketones (excluding diaryl/α,β-unsaturated/α-hetero) is 1. The highest BCUT2D eigenvalue weighted by molar-refractivity contribution is 8.93. The minimum atomic E-state index is -3.88. The fourth-order valence-corrected chi connectivity index (χ4v) is 4.62. The topological polar surface area (TPSA) is 135 Å². The second-order valence-electron chi connectivity index (χ2n) is 9.74. The predicted octanol–water partition coefficient (Wildman–Crippen LogP) is 3.69. The van der Waals surface area contributed by atoms with Gasteiger partial charge in [-0.2, -0.15) is 8.42 Å². The summed E-state index contributed by atoms with van der Waals surface area (Å²) in [7, 11) is -0.956. The van der Waals surface area contributed by atoms with Crippen molar-refractivity contribution in [2.75, 3.05) is 33.6 Å². The van der Waals surface area contributed by atoms with Crippen LogP contribution in [0.5, 0.6) is 17.2 Å². The summed E-state index contributed by atoms with van der Waals surface area (Å²) < 4.78 is 40.0. The highest BCUT2D eigenvalue weighted by Crippen LogP contribution is 2.40. The Morgan fingerprint density at radius 2 is 1.79 bits per heavy atom. The van der Waals surface area contributed by atoms with Crippen molar-refractivity contribution in [3.05, 3.63) is 52.1 Å². The normalized spacial score (nSPS) is 12.9. The number of ketones is 1. The highest BCUT2D eigenvalue weighted by atomic mass is 79.9. The molecule has 0 saturated heterocycles. The van der Waals surface area contributed by atoms with Crippen molar-refractivity contribution in [1.29, 1.82) is 5.41 Å². The fraction of sp³-hybridized carbons (Fsp3) is 0.423. The molecule has 2 aromatic rings. The summed E-state index contributed by atoms with van der Waals surface area (Å²) >= 11 is 0. The molecule has 208 valence electrons. The Kier molecular flexibility index (Phi) is 9.60. The lowest BCUT2D eigenvalue weighted by atomic mass is 9.84. The van der Waals surface area contributed by atoms with E-state index in [1.807, 2.05) is 27.7 Å². The average Bonchev–Trinajstić information content (AvgIpc) is 3.10. The maximum Gasteiger partial charge on any atom is 0.306 e. The van der Waals surface area contributed by atoms with Crippen molar-refractivity contribution in [3.8, 4) is 17.2 Å². The largest absolute Gasteiger partial charge is 0.493 e. The Balaban J connectivity index is 0.00000507. The predicted molar refractivity (Wildman–Crippen MR) is 150 cm³/mol. The third-order valence-electron chi connectivity index (χ3n) is 5.87. The zero-order valence-electron chi connectivity index (χ0n) is 22.6. The highest BCUT2D eigenvalue weighted by Gasteiger charge is 2.31. The minimum Gasteiger partial charge on any atom is -0.493 e. The van der Waals surface area contributed by atoms with Gasteiger partial charge in [0, 0.05) is 30.3 Å². The van der Waals surface area contributed by atoms with Gasteiger partial charge in [-0.3, -0.25) is 15.0 Å². The van der Waals surface area contributed by atoms with Crippen LogP contribution in [0.2, 0.25) is 0 Å². The summed E-state index contributed by atoms with van der Waals surface area (Å²) in [6.07, 6.45) is 0.921. The lowest BCUT2D eigenvalue weighted by Gasteiger charge is -2.25. The number of hydrogen-bond donors (Lipinski definition) is 2. The molecule has 1 aliphatic heterocycles. The van der Waals surface area contributed by atoms with Crippen LogP contribution in [-0.2, 0) is 22.1 Å². The lowest BCUT2D eigenvalue weighted by Crippen LogP contribution is -2.30. The van der Waals surface area contributed by atoms with Crippen molar-refractivity contribution in [2.24, 2.45) is 0 Å². The first-order valence-electron chi connectivity index (χ1n) is 11.7. The number of ether oxygens (including phenoxy) is 2. The van der Waals surface area contributed by atoms with Crippen LogP contribution >= 0.6 is 17.0 Å². The number of amidine groups is 1. The Labute approximate surface area is 234 Å². The molecule has 12 heteroatoms. The first kappa shape index (κ1) is 31.1. The molecule has 1 amide bonds. The van der Waals surface area contributed by atoms with E-state index in [0.29, 0.717) is 29.0 Å². The van der Waals surface area contributed by atoms with Crippen LogP contribution in [0.25, 0.3) is 0 Å². The van der Waals surface area contributed by atoms with Crippen LogP contribution in [0, 0.1) is 5.41 Å². The average molecular weight is 613 g/mol. The van der Waals surface area contributed by atoms with Crippen molar-refractivity contribution in [2.45, 2.75) is 39.7 Å². The van der Waals surface area contributed by atoms with Crippen LogP contribution < -0.4 is 19.0 Å². The fourth-order valence-electron chi connectivity index (χ4n) is 4.17. The maximum atomic E-state index is 13.4. The van der Waals surface area contributed by atoms with E-state index in [0.717, 1.165) is 11.8 Å². The monoisotopic (exact) mass is 611 g/mol. The molecule has 3 rings (SSSR count). The van der Waals surface area contributed by atoms with E-state index in [1.165, 1.54) is 20.2 Å². The molecule has 0 atom stereocenters. The zero-order chi connectivity index (χ0) is 27.7. The van der Waals surface area contributed by atoms with Gasteiger partial charge >= 0.3 is 10.1 Å². The molecular formula is C26H34BrN3O7S. The van der Waals surface area contributed by atoms with E-state index in [-0.39, 0.29) is 64.7 Å². The number of benzene rings is 2. The number of fused-ring (bicyclic) bond motifs is 1. The molecule has 0 radical (unpaired) electrons. The number of hydrogen-bond acceptors (Lipinski definition) is 8. The third-order valence-corrected chi connectivity index (χ3v) is 6.36. The Bertz CT molecular complexity index is 1370. The molecule has 0 saturated carbocycles. The number of nitrogens with one attached hydrogen (secondary N) is 2. The number of carbonyl (C=O) groups is 2. The van der Waals surface area contributed by atoms with Crippen LogP contribution in [0.15, 0.2) is 24.3 Å². The van der Waals surface area contributed by atoms with Gasteiger partial charge in [-0.15, -0.1) is 17.0 Å². The quantitative estimate of drug-likeness (QED) is 0.324. The molecule has 0 spiro atoms. The molecule has 0 aliphatic carbocycles. The van der Waals surface area contributed by atoms with Crippen molar-refractivity contribution >= 4 is 44.6 Å². The van der Waals surface area contributed by atoms with Gasteiger partial charge < -0.3 is 23.9 Å². The van der Waals surface area contributed by atoms with Crippen LogP contribution in [0.1, 0.15) is 65.1 Å². The molecule has 0 fully saturated rings. The number of halogens is 1. The molecule has 2 N–H and O–H groups in total. The van der Waals surface area contributed by atoms with Gasteiger partial charge in [-0.1, -0.05) is 20.8 Å². The van der Waals surface area contributed by atoms with E-state index in [2.05, 4.69) is 5.32 Å². The molecule has 0 aromatic heterocycles. The van der Waals surface area contributed by atoms with Gasteiger partial charge in [0.05, 0.1) is 32.1 Å². The van der Waals surface area contributed by atoms with Crippen molar-refractivity contribution < 1.29 is 31.7 Å². The van der Waals surface area contributed by atoms with Gasteiger partial charge in [0.2, 0.25) is 0 Å². The third kappa shape index (κ3) is 6.65. The zero-order valence-corrected chi connectivity index (χ0v) is 25.1. The minimum absolute atomic E-state index is 0. The molecule has 0 bridgehead atoms. The summed E-state index contributed by atoms with van der Waals surface area (Å²) in [6.45, 7) is 8.07. The van der Waals surface area contributed by atoms with Crippen LogP contribution in [0.4, 0.5) is 0 Å². The first-order valence-corrected chi connectivity index (χ1v) is 13.5. The smallest absolute Gasteiger partial charge is 0.306 e. The van der Waals surface area contributed by atoms with Gasteiger partial charge in [0.15, 0.2) is 17.3 Å². The molecule has 38 heavy (non-hydrogen) atoms. The van der Waals surface area contributed by atoms with Crippen LogP contribution in [0.3, 0.4) is 0 Å². The van der Waals surface area contributed by atoms with E-state index >= 15 is 0 Å². The van der Waals surface area contributed by atoms with Gasteiger partial charge in [0.1, 0.15) is 11.6 Å². The number of methoxy groups -OCH3 is 1. The molecule has 1 heterocycles. The van der Waals surface area contributed by atoms with Gasteiger partial charge in [-0.25, -0.2) is 0 Å². The number of rotatable bonds is 9. The molecule has 0 unspecified atom stereocenters. The van der Waals surface area contributed by atoms with Crippen molar-refractivity contribution in [1.82, 2.24) is 10.2 Å². The summed E-state index contributed by atoms with van der Waals surface area (Å²) in [5.74, 6) is 0.0153. The molecule has 1 aliphatic rings. The maximum absolute atomic E-state index is 13.4. The Morgan fingerprint density at radius 3 is 2.32 bits per heavy atom. The Hall–Kier alpha value is -3.12. The van der Waals surface area contributed by atoms with E-state index in [9.17, 15) is 18.0 Å². The number of amides is 1. The molecule has 2 aromatic carbocycles. The number of carbonyl (C=O) groups excluding carboxylic acids is 2. The standard InChI is InChI=1S/C26H33N3O7S.BrH/c1-8-35-21-11-16-13-29(24(27)17(16)12-18(21)25(31)28-5)14-20(30)15-9-19(26(2,3)4)23(34-6)22(10-15)36-37(7,32)33;/h9-12,27H,8,13-14H2,1-7H3,(H,28,31);1H. The molecular weight excluding hydrogens is 578 g/mol. The summed E-state index contributed by atoms with van der Waals surface area (Å²) in [5.41, 5.74) is 1.97.